The van der Waals surface area contributed by atoms with Crippen LogP contribution in [0.4, 0.5) is 0 Å². The second-order valence-electron chi connectivity index (χ2n) is 5.44. The van der Waals surface area contributed by atoms with Gasteiger partial charge in [0, 0.05) is 10.9 Å². The first-order valence-corrected chi connectivity index (χ1v) is 8.39. The first-order valence-electron chi connectivity index (χ1n) is 7.51. The lowest BCUT2D eigenvalue weighted by atomic mass is 10.0. The standard InChI is InChI=1S/C20H19NOS/c1-14-11-16(12-19(22-3)15(14)2)9-10-18-13-23-20(21-18)17-7-5-4-6-8-17/h4-13H,1-3H3/b10-9-. The molecule has 0 amide bonds. The van der Waals surface area contributed by atoms with E-state index in [1.807, 2.05) is 24.3 Å². The number of hydrogen-bond acceptors (Lipinski definition) is 3. The van der Waals surface area contributed by atoms with Crippen molar-refractivity contribution in [3.8, 4) is 16.3 Å². The molecule has 0 radical (unpaired) electrons. The molecule has 0 aliphatic heterocycles. The van der Waals surface area contributed by atoms with E-state index < -0.39 is 0 Å². The summed E-state index contributed by atoms with van der Waals surface area (Å²) in [5.74, 6) is 0.924. The lowest BCUT2D eigenvalue weighted by Crippen LogP contribution is -1.91. The quantitative estimate of drug-likeness (QED) is 0.623. The lowest BCUT2D eigenvalue weighted by molar-refractivity contribution is 0.411. The van der Waals surface area contributed by atoms with Crippen molar-refractivity contribution in [1.82, 2.24) is 4.98 Å². The van der Waals surface area contributed by atoms with Crippen LogP contribution in [-0.2, 0) is 0 Å². The van der Waals surface area contributed by atoms with Gasteiger partial charge in [-0.05, 0) is 42.7 Å². The summed E-state index contributed by atoms with van der Waals surface area (Å²) in [6, 6.07) is 14.5. The highest BCUT2D eigenvalue weighted by atomic mass is 32.1. The van der Waals surface area contributed by atoms with Gasteiger partial charge in [0.25, 0.3) is 0 Å². The molecule has 0 aliphatic rings. The van der Waals surface area contributed by atoms with E-state index in [1.165, 1.54) is 11.1 Å². The fourth-order valence-electron chi connectivity index (χ4n) is 2.42. The topological polar surface area (TPSA) is 22.1 Å². The second kappa shape index (κ2) is 6.80. The number of ether oxygens (including phenoxy) is 1. The largest absolute Gasteiger partial charge is 0.496 e. The van der Waals surface area contributed by atoms with Crippen molar-refractivity contribution >= 4 is 23.5 Å². The maximum absolute atomic E-state index is 5.43. The van der Waals surface area contributed by atoms with Crippen molar-refractivity contribution in [3.05, 3.63) is 70.2 Å². The molecular weight excluding hydrogens is 302 g/mol. The third-order valence-electron chi connectivity index (χ3n) is 3.85. The van der Waals surface area contributed by atoms with Crippen LogP contribution in [0.15, 0.2) is 47.8 Å². The fourth-order valence-corrected chi connectivity index (χ4v) is 3.21. The molecule has 0 atom stereocenters. The Morgan fingerprint density at radius 3 is 2.57 bits per heavy atom. The number of hydrogen-bond donors (Lipinski definition) is 0. The number of aryl methyl sites for hydroxylation is 1. The number of methoxy groups -OCH3 is 1. The van der Waals surface area contributed by atoms with Crippen LogP contribution >= 0.6 is 11.3 Å². The Hall–Kier alpha value is -2.39. The molecule has 0 N–H and O–H groups in total. The summed E-state index contributed by atoms with van der Waals surface area (Å²) >= 11 is 1.66. The minimum absolute atomic E-state index is 0.924. The summed E-state index contributed by atoms with van der Waals surface area (Å²) in [7, 11) is 1.71. The highest BCUT2D eigenvalue weighted by Crippen LogP contribution is 2.26. The van der Waals surface area contributed by atoms with Gasteiger partial charge in [0.1, 0.15) is 10.8 Å². The van der Waals surface area contributed by atoms with Crippen molar-refractivity contribution in [2.24, 2.45) is 0 Å². The summed E-state index contributed by atoms with van der Waals surface area (Å²) in [4.78, 5) is 4.68. The van der Waals surface area contributed by atoms with Gasteiger partial charge < -0.3 is 4.74 Å². The minimum atomic E-state index is 0.924. The molecule has 2 nitrogen and oxygen atoms in total. The molecule has 0 fully saturated rings. The smallest absolute Gasteiger partial charge is 0.124 e. The van der Waals surface area contributed by atoms with Gasteiger partial charge in [0.2, 0.25) is 0 Å². The van der Waals surface area contributed by atoms with Crippen LogP contribution in [0.3, 0.4) is 0 Å². The summed E-state index contributed by atoms with van der Waals surface area (Å²) in [5, 5.41) is 3.12. The van der Waals surface area contributed by atoms with Crippen LogP contribution in [0, 0.1) is 13.8 Å². The van der Waals surface area contributed by atoms with Gasteiger partial charge in [-0.25, -0.2) is 4.98 Å². The van der Waals surface area contributed by atoms with Crippen LogP contribution in [0.25, 0.3) is 22.7 Å². The highest BCUT2D eigenvalue weighted by molar-refractivity contribution is 7.13. The minimum Gasteiger partial charge on any atom is -0.496 e. The maximum atomic E-state index is 5.43. The summed E-state index contributed by atoms with van der Waals surface area (Å²) < 4.78 is 5.43. The number of benzene rings is 2. The summed E-state index contributed by atoms with van der Waals surface area (Å²) in [5.41, 5.74) is 5.67. The van der Waals surface area contributed by atoms with Crippen molar-refractivity contribution in [1.29, 1.82) is 0 Å². The van der Waals surface area contributed by atoms with Crippen molar-refractivity contribution in [2.75, 3.05) is 7.11 Å². The van der Waals surface area contributed by atoms with E-state index in [9.17, 15) is 0 Å². The maximum Gasteiger partial charge on any atom is 0.124 e. The predicted octanol–water partition coefficient (Wildman–Crippen LogP) is 5.61. The molecule has 0 bridgehead atoms. The molecule has 1 heterocycles. The Labute approximate surface area is 141 Å². The Morgan fingerprint density at radius 1 is 1.04 bits per heavy atom. The first kappa shape index (κ1) is 15.5. The molecule has 0 saturated heterocycles. The SMILES string of the molecule is COc1cc(/C=C\c2csc(-c3ccccc3)n2)cc(C)c1C. The summed E-state index contributed by atoms with van der Waals surface area (Å²) in [6.45, 7) is 4.18. The average molecular weight is 321 g/mol. The predicted molar refractivity (Wildman–Crippen MR) is 98.9 cm³/mol. The van der Waals surface area contributed by atoms with Gasteiger partial charge in [0.15, 0.2) is 0 Å². The van der Waals surface area contributed by atoms with Crippen LogP contribution in [0.5, 0.6) is 5.75 Å². The number of thiazole rings is 1. The molecule has 3 aromatic rings. The zero-order chi connectivity index (χ0) is 16.2. The number of rotatable bonds is 4. The van der Waals surface area contributed by atoms with Gasteiger partial charge in [0.05, 0.1) is 12.8 Å². The van der Waals surface area contributed by atoms with Crippen molar-refractivity contribution in [2.45, 2.75) is 13.8 Å². The molecule has 0 unspecified atom stereocenters. The van der Waals surface area contributed by atoms with Gasteiger partial charge in [-0.3, -0.25) is 0 Å². The molecule has 2 aromatic carbocycles. The van der Waals surface area contributed by atoms with Crippen LogP contribution in [0.1, 0.15) is 22.4 Å². The second-order valence-corrected chi connectivity index (χ2v) is 6.30. The zero-order valence-electron chi connectivity index (χ0n) is 13.5. The molecule has 23 heavy (non-hydrogen) atoms. The van der Waals surface area contributed by atoms with Crippen LogP contribution in [-0.4, -0.2) is 12.1 Å². The lowest BCUT2D eigenvalue weighted by Gasteiger charge is -2.08. The van der Waals surface area contributed by atoms with E-state index in [2.05, 4.69) is 54.6 Å². The third-order valence-corrected chi connectivity index (χ3v) is 4.76. The van der Waals surface area contributed by atoms with Gasteiger partial charge >= 0.3 is 0 Å². The van der Waals surface area contributed by atoms with Gasteiger partial charge in [-0.15, -0.1) is 11.3 Å². The Bertz CT molecular complexity index is 834. The molecule has 3 rings (SSSR count). The third kappa shape index (κ3) is 3.51. The van der Waals surface area contributed by atoms with E-state index in [0.29, 0.717) is 0 Å². The van der Waals surface area contributed by atoms with Gasteiger partial charge in [-0.1, -0.05) is 42.5 Å². The molecule has 0 aliphatic carbocycles. The highest BCUT2D eigenvalue weighted by Gasteiger charge is 2.04. The van der Waals surface area contributed by atoms with Crippen LogP contribution < -0.4 is 4.74 Å². The van der Waals surface area contributed by atoms with Crippen molar-refractivity contribution in [3.63, 3.8) is 0 Å². The van der Waals surface area contributed by atoms with E-state index in [4.69, 9.17) is 4.74 Å². The van der Waals surface area contributed by atoms with Gasteiger partial charge in [-0.2, -0.15) is 0 Å². The molecule has 0 saturated carbocycles. The zero-order valence-corrected chi connectivity index (χ0v) is 14.4. The number of aromatic nitrogens is 1. The fraction of sp³-hybridized carbons (Fsp3) is 0.150. The van der Waals surface area contributed by atoms with E-state index in [1.54, 1.807) is 18.4 Å². The van der Waals surface area contributed by atoms with E-state index in [0.717, 1.165) is 27.6 Å². The normalized spacial score (nSPS) is 11.1. The Morgan fingerprint density at radius 2 is 1.83 bits per heavy atom. The van der Waals surface area contributed by atoms with Crippen molar-refractivity contribution < 1.29 is 4.74 Å². The Kier molecular flexibility index (Phi) is 4.58. The Balaban J connectivity index is 1.84. The molecule has 116 valence electrons. The molecule has 3 heteroatoms. The molecule has 0 spiro atoms. The average Bonchev–Trinajstić information content (AvgIpc) is 3.05. The first-order chi connectivity index (χ1) is 11.2. The van der Waals surface area contributed by atoms with E-state index in [-0.39, 0.29) is 0 Å². The van der Waals surface area contributed by atoms with Crippen LogP contribution in [0.2, 0.25) is 0 Å². The molecular formula is C20H19NOS. The summed E-state index contributed by atoms with van der Waals surface area (Å²) in [6.07, 6.45) is 4.13. The molecule has 1 aromatic heterocycles. The number of nitrogens with zero attached hydrogens (tertiary/aromatic N) is 1. The monoisotopic (exact) mass is 321 g/mol. The van der Waals surface area contributed by atoms with E-state index >= 15 is 0 Å².